The van der Waals surface area contributed by atoms with E-state index in [-0.39, 0.29) is 24.4 Å². The van der Waals surface area contributed by atoms with Crippen molar-refractivity contribution in [2.24, 2.45) is 0 Å². The fourth-order valence-corrected chi connectivity index (χ4v) is 2.37. The lowest BCUT2D eigenvalue weighted by atomic mass is 9.96. The van der Waals surface area contributed by atoms with E-state index in [9.17, 15) is 19.7 Å². The number of amides is 1. The van der Waals surface area contributed by atoms with Gasteiger partial charge in [-0.05, 0) is 29.8 Å². The van der Waals surface area contributed by atoms with Crippen molar-refractivity contribution in [2.45, 2.75) is 12.3 Å². The Morgan fingerprint density at radius 1 is 1.15 bits per heavy atom. The van der Waals surface area contributed by atoms with Crippen molar-refractivity contribution in [1.29, 1.82) is 0 Å². The number of aliphatic carboxylic acids is 1. The van der Waals surface area contributed by atoms with E-state index in [0.29, 0.717) is 10.6 Å². The van der Waals surface area contributed by atoms with Crippen LogP contribution >= 0.6 is 11.6 Å². The molecule has 0 aliphatic heterocycles. The van der Waals surface area contributed by atoms with Crippen LogP contribution in [0.2, 0.25) is 5.02 Å². The summed E-state index contributed by atoms with van der Waals surface area (Å²) in [7, 11) is 0. The molecule has 0 saturated heterocycles. The van der Waals surface area contributed by atoms with Crippen molar-refractivity contribution in [3.05, 3.63) is 69.2 Å². The lowest BCUT2D eigenvalue weighted by Gasteiger charge is -2.16. The molecular formula is C17H15ClN2O6. The minimum Gasteiger partial charge on any atom is -0.481 e. The molecular weight excluding hydrogens is 364 g/mol. The molecule has 0 saturated carbocycles. The van der Waals surface area contributed by atoms with Gasteiger partial charge in [-0.25, -0.2) is 4.79 Å². The lowest BCUT2D eigenvalue weighted by Crippen LogP contribution is -2.31. The molecule has 2 aromatic carbocycles. The normalized spacial score (nSPS) is 11.4. The van der Waals surface area contributed by atoms with Crippen molar-refractivity contribution in [3.8, 4) is 5.75 Å². The zero-order valence-corrected chi connectivity index (χ0v) is 14.2. The summed E-state index contributed by atoms with van der Waals surface area (Å²) in [6, 6.07) is 11.7. The number of benzene rings is 2. The van der Waals surface area contributed by atoms with Crippen molar-refractivity contribution < 1.29 is 24.4 Å². The summed E-state index contributed by atoms with van der Waals surface area (Å²) in [6.07, 6.45) is -0.970. The van der Waals surface area contributed by atoms with E-state index in [0.717, 1.165) is 0 Å². The van der Waals surface area contributed by atoms with Crippen LogP contribution in [0.1, 0.15) is 17.9 Å². The van der Waals surface area contributed by atoms with Gasteiger partial charge in [-0.3, -0.25) is 14.9 Å². The molecule has 136 valence electrons. The Labute approximate surface area is 153 Å². The number of halogens is 1. The van der Waals surface area contributed by atoms with E-state index < -0.39 is 22.9 Å². The van der Waals surface area contributed by atoms with Gasteiger partial charge in [0.15, 0.2) is 0 Å². The molecule has 9 heteroatoms. The Hall–Kier alpha value is -3.13. The summed E-state index contributed by atoms with van der Waals surface area (Å²) in [6.45, 7) is 0.0414. The van der Waals surface area contributed by atoms with E-state index in [1.807, 2.05) is 0 Å². The fraction of sp³-hybridized carbons (Fsp3) is 0.176. The van der Waals surface area contributed by atoms with Crippen LogP contribution < -0.4 is 10.1 Å². The van der Waals surface area contributed by atoms with E-state index in [1.54, 1.807) is 24.3 Å². The maximum atomic E-state index is 11.9. The molecule has 0 aliphatic rings. The van der Waals surface area contributed by atoms with Crippen molar-refractivity contribution >= 4 is 29.4 Å². The number of carboxylic acid groups (broad SMARTS) is 1. The second-order valence-corrected chi connectivity index (χ2v) is 5.80. The number of carbonyl (C=O) groups excluding carboxylic acids is 1. The first-order valence-corrected chi connectivity index (χ1v) is 7.90. The molecule has 8 nitrogen and oxygen atoms in total. The monoisotopic (exact) mass is 378 g/mol. The van der Waals surface area contributed by atoms with Gasteiger partial charge in [-0.2, -0.15) is 0 Å². The first kappa shape index (κ1) is 19.2. The first-order chi connectivity index (χ1) is 12.3. The van der Waals surface area contributed by atoms with Crippen LogP contribution in [-0.2, 0) is 4.79 Å². The fourth-order valence-electron chi connectivity index (χ4n) is 2.24. The predicted octanol–water partition coefficient (Wildman–Crippen LogP) is 3.60. The Morgan fingerprint density at radius 3 is 2.31 bits per heavy atom. The minimum absolute atomic E-state index is 0.0414. The number of nitrogens with one attached hydrogen (secondary N) is 1. The third-order valence-corrected chi connectivity index (χ3v) is 3.77. The highest BCUT2D eigenvalue weighted by Gasteiger charge is 2.17. The average Bonchev–Trinajstić information content (AvgIpc) is 2.59. The molecule has 2 rings (SSSR count). The van der Waals surface area contributed by atoms with Crippen LogP contribution in [0.3, 0.4) is 0 Å². The van der Waals surface area contributed by atoms with Gasteiger partial charge in [0, 0.05) is 29.6 Å². The molecule has 0 bridgehead atoms. The van der Waals surface area contributed by atoms with Crippen LogP contribution in [0.25, 0.3) is 0 Å². The molecule has 26 heavy (non-hydrogen) atoms. The van der Waals surface area contributed by atoms with E-state index >= 15 is 0 Å². The topological polar surface area (TPSA) is 119 Å². The van der Waals surface area contributed by atoms with Gasteiger partial charge in [-0.15, -0.1) is 0 Å². The molecule has 1 amide bonds. The van der Waals surface area contributed by atoms with Crippen molar-refractivity contribution in [3.63, 3.8) is 0 Å². The quantitative estimate of drug-likeness (QED) is 0.561. The summed E-state index contributed by atoms with van der Waals surface area (Å²) in [5, 5.41) is 22.6. The number of rotatable bonds is 7. The van der Waals surface area contributed by atoms with E-state index in [1.165, 1.54) is 24.3 Å². The lowest BCUT2D eigenvalue weighted by molar-refractivity contribution is -0.384. The Bertz CT molecular complexity index is 792. The van der Waals surface area contributed by atoms with Gasteiger partial charge in [0.2, 0.25) is 0 Å². The number of nitro groups is 1. The molecule has 0 aromatic heterocycles. The van der Waals surface area contributed by atoms with Crippen LogP contribution in [0.15, 0.2) is 48.5 Å². The SMILES string of the molecule is O=C(O)CC(CNC(=O)Oc1ccc([N+](=O)[O-])cc1)c1ccc(Cl)cc1. The van der Waals surface area contributed by atoms with Crippen LogP contribution in [-0.4, -0.2) is 28.6 Å². The molecule has 0 radical (unpaired) electrons. The molecule has 0 aliphatic carbocycles. The Kier molecular flexibility index (Phi) is 6.51. The summed E-state index contributed by atoms with van der Waals surface area (Å²) in [4.78, 5) is 32.9. The Morgan fingerprint density at radius 2 is 1.77 bits per heavy atom. The van der Waals surface area contributed by atoms with Gasteiger partial charge in [0.25, 0.3) is 5.69 Å². The molecule has 1 atom stereocenters. The smallest absolute Gasteiger partial charge is 0.412 e. The Balaban J connectivity index is 1.96. The highest BCUT2D eigenvalue weighted by molar-refractivity contribution is 6.30. The second-order valence-electron chi connectivity index (χ2n) is 5.37. The molecule has 1 unspecified atom stereocenters. The number of nitro benzene ring substituents is 1. The van der Waals surface area contributed by atoms with Crippen LogP contribution in [0.4, 0.5) is 10.5 Å². The zero-order valence-electron chi connectivity index (χ0n) is 13.4. The third-order valence-electron chi connectivity index (χ3n) is 3.51. The van der Waals surface area contributed by atoms with Gasteiger partial charge in [0.05, 0.1) is 11.3 Å². The van der Waals surface area contributed by atoms with Crippen molar-refractivity contribution in [1.82, 2.24) is 5.32 Å². The van der Waals surface area contributed by atoms with Crippen molar-refractivity contribution in [2.75, 3.05) is 6.54 Å². The van der Waals surface area contributed by atoms with Gasteiger partial charge in [0.1, 0.15) is 5.75 Å². The van der Waals surface area contributed by atoms with Crippen LogP contribution in [0, 0.1) is 10.1 Å². The minimum atomic E-state index is -1.00. The summed E-state index contributed by atoms with van der Waals surface area (Å²) in [5.74, 6) is -1.33. The number of nitrogens with zero attached hydrogens (tertiary/aromatic N) is 1. The maximum absolute atomic E-state index is 11.9. The highest BCUT2D eigenvalue weighted by atomic mass is 35.5. The zero-order chi connectivity index (χ0) is 19.1. The number of hydrogen-bond acceptors (Lipinski definition) is 5. The summed E-state index contributed by atoms with van der Waals surface area (Å²) in [5.41, 5.74) is 0.592. The molecule has 2 aromatic rings. The van der Waals surface area contributed by atoms with Gasteiger partial charge < -0.3 is 15.2 Å². The number of non-ortho nitro benzene ring substituents is 1. The standard InChI is InChI=1S/C17H15ClN2O6/c18-13-3-1-11(2-4-13)12(9-16(21)22)10-19-17(23)26-15-7-5-14(6-8-15)20(24)25/h1-8,12H,9-10H2,(H,19,23)(H,21,22). The largest absolute Gasteiger partial charge is 0.481 e. The molecule has 0 fully saturated rings. The number of hydrogen-bond donors (Lipinski definition) is 2. The first-order valence-electron chi connectivity index (χ1n) is 7.52. The molecule has 0 spiro atoms. The van der Waals surface area contributed by atoms with Crippen LogP contribution in [0.5, 0.6) is 5.75 Å². The summed E-state index contributed by atoms with van der Waals surface area (Å²) < 4.78 is 5.02. The number of ether oxygens (including phenoxy) is 1. The van der Waals surface area contributed by atoms with E-state index in [4.69, 9.17) is 21.4 Å². The van der Waals surface area contributed by atoms with Gasteiger partial charge in [-0.1, -0.05) is 23.7 Å². The third kappa shape index (κ3) is 5.75. The second kappa shape index (κ2) is 8.82. The number of carboxylic acids is 1. The number of carbonyl (C=O) groups is 2. The molecule has 2 N–H and O–H groups in total. The molecule has 0 heterocycles. The van der Waals surface area contributed by atoms with E-state index in [2.05, 4.69) is 5.32 Å². The summed E-state index contributed by atoms with van der Waals surface area (Å²) >= 11 is 5.82. The maximum Gasteiger partial charge on any atom is 0.412 e. The highest BCUT2D eigenvalue weighted by Crippen LogP contribution is 2.22. The average molecular weight is 379 g/mol. The predicted molar refractivity (Wildman–Crippen MR) is 93.6 cm³/mol. The van der Waals surface area contributed by atoms with Gasteiger partial charge >= 0.3 is 12.1 Å².